The van der Waals surface area contributed by atoms with Gasteiger partial charge in [0.15, 0.2) is 0 Å². The highest BCUT2D eigenvalue weighted by Crippen LogP contribution is 2.36. The molecule has 1 aromatic carbocycles. The first kappa shape index (κ1) is 13.7. The summed E-state index contributed by atoms with van der Waals surface area (Å²) >= 11 is 0. The Kier molecular flexibility index (Phi) is 3.70. The molecule has 1 heterocycles. The average Bonchev–Trinajstić information content (AvgIpc) is 2.37. The third-order valence-corrected chi connectivity index (χ3v) is 3.57. The molecule has 2 nitrogen and oxygen atoms in total. The van der Waals surface area contributed by atoms with E-state index >= 15 is 0 Å². The van der Waals surface area contributed by atoms with Crippen molar-refractivity contribution in [3.8, 4) is 6.07 Å². The maximum absolute atomic E-state index is 12.6. The summed E-state index contributed by atoms with van der Waals surface area (Å²) in [6.45, 7) is 2.59. The number of aryl methyl sites for hydroxylation is 1. The number of hydrogen-bond acceptors (Lipinski definition) is 2. The molecule has 0 bridgehead atoms. The molecule has 0 atom stereocenters. The maximum Gasteiger partial charge on any atom is 0.391 e. The number of benzene rings is 1. The molecule has 0 N–H and O–H groups in total. The number of hydrogen-bond donors (Lipinski definition) is 0. The molecule has 0 spiro atoms. The minimum Gasteiger partial charge on any atom is -0.370 e. The van der Waals surface area contributed by atoms with Gasteiger partial charge in [0.25, 0.3) is 0 Å². The third kappa shape index (κ3) is 3.01. The summed E-state index contributed by atoms with van der Waals surface area (Å²) in [6.07, 6.45) is -3.90. The van der Waals surface area contributed by atoms with Crippen LogP contribution in [0.3, 0.4) is 0 Å². The summed E-state index contributed by atoms with van der Waals surface area (Å²) < 4.78 is 37.8. The molecule has 0 amide bonds. The second kappa shape index (κ2) is 5.12. The van der Waals surface area contributed by atoms with Crippen molar-refractivity contribution in [2.24, 2.45) is 5.92 Å². The molecular formula is C14H15F3N2. The second-order valence-corrected chi connectivity index (χ2v) is 4.94. The van der Waals surface area contributed by atoms with Gasteiger partial charge in [-0.25, -0.2) is 0 Å². The fraction of sp³-hybridized carbons (Fsp3) is 0.500. The van der Waals surface area contributed by atoms with Crippen molar-refractivity contribution in [3.05, 3.63) is 29.3 Å². The zero-order valence-corrected chi connectivity index (χ0v) is 10.7. The number of anilines is 1. The summed E-state index contributed by atoms with van der Waals surface area (Å²) in [4.78, 5) is 1.88. The van der Waals surface area contributed by atoms with Gasteiger partial charge in [0.05, 0.1) is 17.2 Å². The zero-order chi connectivity index (χ0) is 14.0. The van der Waals surface area contributed by atoms with Crippen LogP contribution in [0, 0.1) is 24.2 Å². The molecule has 1 fully saturated rings. The summed E-state index contributed by atoms with van der Waals surface area (Å²) in [5, 5.41) is 9.10. The van der Waals surface area contributed by atoms with Crippen LogP contribution in [0.5, 0.6) is 0 Å². The van der Waals surface area contributed by atoms with Crippen LogP contribution < -0.4 is 4.90 Å². The molecule has 1 aliphatic heterocycles. The minimum atomic E-state index is -4.10. The van der Waals surface area contributed by atoms with E-state index in [1.165, 1.54) is 0 Å². The fourth-order valence-electron chi connectivity index (χ4n) is 2.46. The Morgan fingerprint density at radius 1 is 1.26 bits per heavy atom. The van der Waals surface area contributed by atoms with Crippen LogP contribution in [0.4, 0.5) is 18.9 Å². The highest BCUT2D eigenvalue weighted by molar-refractivity contribution is 5.60. The Morgan fingerprint density at radius 3 is 2.42 bits per heavy atom. The summed E-state index contributed by atoms with van der Waals surface area (Å²) in [5.41, 5.74) is 2.25. The van der Waals surface area contributed by atoms with E-state index in [2.05, 4.69) is 6.07 Å². The number of rotatable bonds is 1. The second-order valence-electron chi connectivity index (χ2n) is 4.94. The molecule has 0 radical (unpaired) electrons. The lowest BCUT2D eigenvalue weighted by molar-refractivity contribution is -0.179. The van der Waals surface area contributed by atoms with E-state index in [-0.39, 0.29) is 12.8 Å². The van der Waals surface area contributed by atoms with Gasteiger partial charge in [-0.2, -0.15) is 18.4 Å². The molecule has 1 aliphatic rings. The van der Waals surface area contributed by atoms with E-state index in [9.17, 15) is 13.2 Å². The number of halogens is 3. The van der Waals surface area contributed by atoms with Crippen molar-refractivity contribution in [2.75, 3.05) is 18.0 Å². The van der Waals surface area contributed by atoms with Gasteiger partial charge in [-0.05, 0) is 37.5 Å². The molecular weight excluding hydrogens is 253 g/mol. The van der Waals surface area contributed by atoms with Crippen LogP contribution in [0.25, 0.3) is 0 Å². The molecule has 0 saturated carbocycles. The van der Waals surface area contributed by atoms with Crippen molar-refractivity contribution in [2.45, 2.75) is 25.9 Å². The molecule has 102 valence electrons. The topological polar surface area (TPSA) is 27.0 Å². The van der Waals surface area contributed by atoms with Crippen LogP contribution >= 0.6 is 0 Å². The zero-order valence-electron chi connectivity index (χ0n) is 10.7. The van der Waals surface area contributed by atoms with E-state index in [4.69, 9.17) is 5.26 Å². The Morgan fingerprint density at radius 2 is 1.89 bits per heavy atom. The Hall–Kier alpha value is -1.70. The average molecular weight is 268 g/mol. The smallest absolute Gasteiger partial charge is 0.370 e. The first-order valence-electron chi connectivity index (χ1n) is 6.24. The SMILES string of the molecule is Cc1ccc(N2CCC(C(F)(F)F)CC2)c(C#N)c1. The van der Waals surface area contributed by atoms with E-state index in [1.807, 2.05) is 24.0 Å². The standard InChI is InChI=1S/C14H15F3N2/c1-10-2-3-13(11(8-10)9-18)19-6-4-12(5-7-19)14(15,16)17/h2-3,8,12H,4-7H2,1H3. The van der Waals surface area contributed by atoms with Gasteiger partial charge in [0.2, 0.25) is 0 Å². The van der Waals surface area contributed by atoms with Gasteiger partial charge in [0, 0.05) is 13.1 Å². The third-order valence-electron chi connectivity index (χ3n) is 3.57. The summed E-state index contributed by atoms with van der Waals surface area (Å²) in [7, 11) is 0. The number of nitriles is 1. The van der Waals surface area contributed by atoms with E-state index in [0.29, 0.717) is 18.7 Å². The van der Waals surface area contributed by atoms with Gasteiger partial charge in [-0.15, -0.1) is 0 Å². The Balaban J connectivity index is 2.12. The Labute approximate surface area is 110 Å². The van der Waals surface area contributed by atoms with Crippen LogP contribution in [-0.2, 0) is 0 Å². The molecule has 2 rings (SSSR count). The largest absolute Gasteiger partial charge is 0.391 e. The normalized spacial score (nSPS) is 17.3. The van der Waals surface area contributed by atoms with Crippen molar-refractivity contribution in [1.82, 2.24) is 0 Å². The lowest BCUT2D eigenvalue weighted by Crippen LogP contribution is -2.39. The Bertz CT molecular complexity index is 494. The van der Waals surface area contributed by atoms with Gasteiger partial charge in [0.1, 0.15) is 6.07 Å². The predicted molar refractivity (Wildman–Crippen MR) is 66.9 cm³/mol. The molecule has 0 aliphatic carbocycles. The van der Waals surface area contributed by atoms with E-state index in [1.54, 1.807) is 6.07 Å². The van der Waals surface area contributed by atoms with E-state index < -0.39 is 12.1 Å². The van der Waals surface area contributed by atoms with Crippen molar-refractivity contribution >= 4 is 5.69 Å². The molecule has 0 unspecified atom stereocenters. The minimum absolute atomic E-state index is 0.0994. The predicted octanol–water partition coefficient (Wildman–Crippen LogP) is 3.65. The molecule has 1 aromatic rings. The van der Waals surface area contributed by atoms with Crippen LogP contribution in [-0.4, -0.2) is 19.3 Å². The lowest BCUT2D eigenvalue weighted by Gasteiger charge is -2.34. The van der Waals surface area contributed by atoms with Crippen LogP contribution in [0.1, 0.15) is 24.0 Å². The first-order valence-corrected chi connectivity index (χ1v) is 6.24. The van der Waals surface area contributed by atoms with Gasteiger partial charge < -0.3 is 4.90 Å². The molecule has 1 saturated heterocycles. The van der Waals surface area contributed by atoms with Gasteiger partial charge in [-0.1, -0.05) is 6.07 Å². The fourth-order valence-corrected chi connectivity index (χ4v) is 2.46. The highest BCUT2D eigenvalue weighted by Gasteiger charge is 2.41. The highest BCUT2D eigenvalue weighted by atomic mass is 19.4. The maximum atomic E-state index is 12.6. The quantitative estimate of drug-likeness (QED) is 0.777. The van der Waals surface area contributed by atoms with E-state index in [0.717, 1.165) is 11.3 Å². The molecule has 0 aromatic heterocycles. The van der Waals surface area contributed by atoms with Crippen molar-refractivity contribution in [3.63, 3.8) is 0 Å². The monoisotopic (exact) mass is 268 g/mol. The van der Waals surface area contributed by atoms with Crippen LogP contribution in [0.2, 0.25) is 0 Å². The van der Waals surface area contributed by atoms with Crippen molar-refractivity contribution < 1.29 is 13.2 Å². The van der Waals surface area contributed by atoms with Gasteiger partial charge in [-0.3, -0.25) is 0 Å². The van der Waals surface area contributed by atoms with Crippen molar-refractivity contribution in [1.29, 1.82) is 5.26 Å². The van der Waals surface area contributed by atoms with Crippen LogP contribution in [0.15, 0.2) is 18.2 Å². The lowest BCUT2D eigenvalue weighted by atomic mass is 9.95. The number of alkyl halides is 3. The molecule has 5 heteroatoms. The summed E-state index contributed by atoms with van der Waals surface area (Å²) in [6, 6.07) is 7.58. The summed E-state index contributed by atoms with van der Waals surface area (Å²) in [5.74, 6) is -1.21. The van der Waals surface area contributed by atoms with Gasteiger partial charge >= 0.3 is 6.18 Å². The molecule has 19 heavy (non-hydrogen) atoms. The number of piperidine rings is 1. The number of nitrogens with zero attached hydrogens (tertiary/aromatic N) is 2. The first-order chi connectivity index (χ1) is 8.91.